The zero-order valence-electron chi connectivity index (χ0n) is 13.9. The van der Waals surface area contributed by atoms with Crippen LogP contribution in [0.4, 0.5) is 5.69 Å². The van der Waals surface area contributed by atoms with Crippen LogP contribution >= 0.6 is 0 Å². The summed E-state index contributed by atoms with van der Waals surface area (Å²) in [5.41, 5.74) is 3.05. The van der Waals surface area contributed by atoms with Gasteiger partial charge in [0, 0.05) is 5.69 Å². The van der Waals surface area contributed by atoms with Crippen LogP contribution in [0.2, 0.25) is 0 Å². The maximum atomic E-state index is 13.3. The molecule has 1 spiro atoms. The van der Waals surface area contributed by atoms with Gasteiger partial charge in [-0.05, 0) is 55.3 Å². The van der Waals surface area contributed by atoms with Crippen molar-refractivity contribution in [3.63, 3.8) is 0 Å². The summed E-state index contributed by atoms with van der Waals surface area (Å²) in [6, 6.07) is 16.2. The number of ether oxygens (including phenoxy) is 1. The lowest BCUT2D eigenvalue weighted by molar-refractivity contribution is -0.124. The molecule has 1 amide bonds. The molecular formula is C20H22N2O2. The Morgan fingerprint density at radius 3 is 2.50 bits per heavy atom. The van der Waals surface area contributed by atoms with Gasteiger partial charge in [0.05, 0.1) is 19.1 Å². The van der Waals surface area contributed by atoms with Crippen molar-refractivity contribution in [2.24, 2.45) is 0 Å². The minimum absolute atomic E-state index is 0.251. The fourth-order valence-electron chi connectivity index (χ4n) is 4.00. The van der Waals surface area contributed by atoms with Crippen molar-refractivity contribution in [3.8, 4) is 5.75 Å². The molecule has 4 heteroatoms. The first-order valence-corrected chi connectivity index (χ1v) is 8.50. The number of carbonyl (C=O) groups is 1. The van der Waals surface area contributed by atoms with Crippen molar-refractivity contribution >= 4 is 11.6 Å². The second-order valence-electron chi connectivity index (χ2n) is 6.59. The largest absolute Gasteiger partial charge is 0.497 e. The minimum Gasteiger partial charge on any atom is -0.497 e. The number of rotatable bonds is 3. The molecule has 0 atom stereocenters. The number of methoxy groups -OCH3 is 1. The Morgan fingerprint density at radius 2 is 1.79 bits per heavy atom. The number of nitrogens with one attached hydrogen (secondary N) is 1. The number of amides is 1. The lowest BCUT2D eigenvalue weighted by Crippen LogP contribution is -2.47. The summed E-state index contributed by atoms with van der Waals surface area (Å²) in [4.78, 5) is 15.3. The molecule has 0 bridgehead atoms. The highest BCUT2D eigenvalue weighted by molar-refractivity contribution is 6.08. The molecule has 4 nitrogen and oxygen atoms in total. The molecule has 4 rings (SSSR count). The van der Waals surface area contributed by atoms with E-state index >= 15 is 0 Å². The Hall–Kier alpha value is -2.33. The molecule has 0 radical (unpaired) electrons. The van der Waals surface area contributed by atoms with Gasteiger partial charge in [-0.2, -0.15) is 0 Å². The molecule has 2 aromatic carbocycles. The second-order valence-corrected chi connectivity index (χ2v) is 6.59. The van der Waals surface area contributed by atoms with Gasteiger partial charge in [-0.15, -0.1) is 0 Å². The van der Waals surface area contributed by atoms with E-state index in [2.05, 4.69) is 17.4 Å². The summed E-state index contributed by atoms with van der Waals surface area (Å²) in [5, 5.41) is 3.38. The average molecular weight is 322 g/mol. The Balaban J connectivity index is 1.69. The Labute approximate surface area is 142 Å². The van der Waals surface area contributed by atoms with Crippen molar-refractivity contribution < 1.29 is 9.53 Å². The third-order valence-corrected chi connectivity index (χ3v) is 5.32. The lowest BCUT2D eigenvalue weighted by atomic mass is 9.74. The Kier molecular flexibility index (Phi) is 3.77. The predicted octanol–water partition coefficient (Wildman–Crippen LogP) is 2.86. The number of benzene rings is 2. The van der Waals surface area contributed by atoms with Crippen LogP contribution in [0.3, 0.4) is 0 Å². The van der Waals surface area contributed by atoms with E-state index in [1.54, 1.807) is 7.11 Å². The highest BCUT2D eigenvalue weighted by Crippen LogP contribution is 2.47. The number of carbonyl (C=O) groups excluding carboxylic acids is 1. The van der Waals surface area contributed by atoms with Crippen molar-refractivity contribution in [1.29, 1.82) is 0 Å². The molecule has 2 aromatic rings. The monoisotopic (exact) mass is 322 g/mol. The SMILES string of the molecule is COc1ccc(CN2C(=O)C3(CCNCC3)c3ccccc32)cc1. The van der Waals surface area contributed by atoms with Crippen LogP contribution in [-0.4, -0.2) is 26.1 Å². The smallest absolute Gasteiger partial charge is 0.238 e. The molecule has 124 valence electrons. The summed E-state index contributed by atoms with van der Waals surface area (Å²) in [5.74, 6) is 1.09. The van der Waals surface area contributed by atoms with Gasteiger partial charge in [-0.3, -0.25) is 4.79 Å². The van der Waals surface area contributed by atoms with Gasteiger partial charge in [-0.1, -0.05) is 30.3 Å². The number of piperidine rings is 1. The van der Waals surface area contributed by atoms with Gasteiger partial charge < -0.3 is 15.0 Å². The molecule has 2 aliphatic rings. The Bertz CT molecular complexity index is 748. The van der Waals surface area contributed by atoms with E-state index in [4.69, 9.17) is 4.74 Å². The summed E-state index contributed by atoms with van der Waals surface area (Å²) >= 11 is 0. The van der Waals surface area contributed by atoms with E-state index in [1.807, 2.05) is 41.3 Å². The van der Waals surface area contributed by atoms with Gasteiger partial charge >= 0.3 is 0 Å². The van der Waals surface area contributed by atoms with Crippen LogP contribution in [0.25, 0.3) is 0 Å². The van der Waals surface area contributed by atoms with Crippen LogP contribution in [0.5, 0.6) is 5.75 Å². The number of anilines is 1. The standard InChI is InChI=1S/C20H22N2O2/c1-24-16-8-6-15(7-9-16)14-22-18-5-3-2-4-17(18)20(19(22)23)10-12-21-13-11-20/h2-9,21H,10-14H2,1H3. The van der Waals surface area contributed by atoms with Gasteiger partial charge in [0.25, 0.3) is 0 Å². The van der Waals surface area contributed by atoms with Crippen molar-refractivity contribution in [1.82, 2.24) is 5.32 Å². The number of nitrogens with zero attached hydrogens (tertiary/aromatic N) is 1. The molecule has 0 aliphatic carbocycles. The number of hydrogen-bond donors (Lipinski definition) is 1. The summed E-state index contributed by atoms with van der Waals surface area (Å²) in [6.07, 6.45) is 1.75. The van der Waals surface area contributed by atoms with Crippen LogP contribution in [-0.2, 0) is 16.8 Å². The Morgan fingerprint density at radius 1 is 1.08 bits per heavy atom. The maximum Gasteiger partial charge on any atom is 0.238 e. The molecule has 2 aliphatic heterocycles. The van der Waals surface area contributed by atoms with Crippen molar-refractivity contribution in [3.05, 3.63) is 59.7 Å². The molecule has 0 aromatic heterocycles. The average Bonchev–Trinajstić information content (AvgIpc) is 2.86. The highest BCUT2D eigenvalue weighted by atomic mass is 16.5. The van der Waals surface area contributed by atoms with Crippen LogP contribution in [0, 0.1) is 0 Å². The van der Waals surface area contributed by atoms with E-state index in [9.17, 15) is 4.79 Å². The van der Waals surface area contributed by atoms with Crippen molar-refractivity contribution in [2.45, 2.75) is 24.8 Å². The molecule has 0 saturated carbocycles. The first-order valence-electron chi connectivity index (χ1n) is 8.50. The summed E-state index contributed by atoms with van der Waals surface area (Å²) < 4.78 is 5.22. The third kappa shape index (κ3) is 2.29. The van der Waals surface area contributed by atoms with Crippen LogP contribution in [0.15, 0.2) is 48.5 Å². The molecule has 1 saturated heterocycles. The quantitative estimate of drug-likeness (QED) is 0.945. The molecule has 0 unspecified atom stereocenters. The topological polar surface area (TPSA) is 41.6 Å². The highest BCUT2D eigenvalue weighted by Gasteiger charge is 2.50. The lowest BCUT2D eigenvalue weighted by Gasteiger charge is -2.33. The van der Waals surface area contributed by atoms with E-state index in [0.717, 1.165) is 42.9 Å². The first-order chi connectivity index (χ1) is 11.7. The molecular weight excluding hydrogens is 300 g/mol. The predicted molar refractivity (Wildman–Crippen MR) is 94.4 cm³/mol. The van der Waals surface area contributed by atoms with Crippen LogP contribution < -0.4 is 15.0 Å². The first kappa shape index (κ1) is 15.2. The second kappa shape index (κ2) is 5.95. The fraction of sp³-hybridized carbons (Fsp3) is 0.350. The third-order valence-electron chi connectivity index (χ3n) is 5.32. The van der Waals surface area contributed by atoms with Gasteiger partial charge in [0.15, 0.2) is 0 Å². The maximum absolute atomic E-state index is 13.3. The van der Waals surface area contributed by atoms with Gasteiger partial charge in [-0.25, -0.2) is 0 Å². The van der Waals surface area contributed by atoms with Gasteiger partial charge in [0.1, 0.15) is 5.75 Å². The van der Waals surface area contributed by atoms with E-state index in [-0.39, 0.29) is 11.3 Å². The molecule has 1 fully saturated rings. The van der Waals surface area contributed by atoms with E-state index in [1.165, 1.54) is 5.56 Å². The van der Waals surface area contributed by atoms with E-state index in [0.29, 0.717) is 6.54 Å². The zero-order valence-corrected chi connectivity index (χ0v) is 13.9. The summed E-state index contributed by atoms with van der Waals surface area (Å²) in [7, 11) is 1.66. The van der Waals surface area contributed by atoms with Crippen molar-refractivity contribution in [2.75, 3.05) is 25.1 Å². The van der Waals surface area contributed by atoms with Gasteiger partial charge in [0.2, 0.25) is 5.91 Å². The molecule has 24 heavy (non-hydrogen) atoms. The fourth-order valence-corrected chi connectivity index (χ4v) is 4.00. The molecule has 1 N–H and O–H groups in total. The number of para-hydroxylation sites is 1. The minimum atomic E-state index is -0.339. The number of fused-ring (bicyclic) bond motifs is 2. The summed E-state index contributed by atoms with van der Waals surface area (Å²) in [6.45, 7) is 2.40. The normalized spacial score (nSPS) is 18.7. The van der Waals surface area contributed by atoms with Crippen LogP contribution in [0.1, 0.15) is 24.0 Å². The van der Waals surface area contributed by atoms with E-state index < -0.39 is 0 Å². The molecule has 2 heterocycles. The number of hydrogen-bond acceptors (Lipinski definition) is 3. The zero-order chi connectivity index (χ0) is 16.6.